The van der Waals surface area contributed by atoms with Crippen LogP contribution in [0, 0.1) is 0 Å². The molecule has 50 heavy (non-hydrogen) atoms. The molecule has 0 unspecified atom stereocenters. The molecule has 0 saturated carbocycles. The van der Waals surface area contributed by atoms with Crippen molar-refractivity contribution < 1.29 is 0 Å². The van der Waals surface area contributed by atoms with Crippen molar-refractivity contribution in [3.63, 3.8) is 0 Å². The minimum atomic E-state index is 1.15. The predicted octanol–water partition coefficient (Wildman–Crippen LogP) is 14.1. The number of nitrogens with zero attached hydrogens (tertiary/aromatic N) is 2. The molecular weight excluding hydrogens is 645 g/mol. The van der Waals surface area contributed by atoms with Crippen LogP contribution in [0.2, 0.25) is 0 Å². The standard InChI is InChI=1S/C46H28N2S2/c1-2-14-31(15-3-1)48-39-20-8-6-16-33(39)35-18-10-21-40(45(35)48)47(41-22-11-19-36-34-17-7-9-23-42(34)50-46(36)41)32-24-25-43-38(28-32)37-26-29-12-4-5-13-30(29)27-44(37)49-43/h1-28H. The highest BCUT2D eigenvalue weighted by molar-refractivity contribution is 7.26. The summed E-state index contributed by atoms with van der Waals surface area (Å²) in [6.45, 7) is 0. The Morgan fingerprint density at radius 3 is 1.94 bits per heavy atom. The summed E-state index contributed by atoms with van der Waals surface area (Å²) in [5.41, 5.74) is 7.03. The largest absolute Gasteiger partial charge is 0.307 e. The maximum Gasteiger partial charge on any atom is 0.0782 e. The minimum absolute atomic E-state index is 1.15. The van der Waals surface area contributed by atoms with Gasteiger partial charge in [0.05, 0.1) is 27.1 Å². The normalized spacial score (nSPS) is 12.0. The fourth-order valence-corrected chi connectivity index (χ4v) is 10.3. The van der Waals surface area contributed by atoms with Crippen molar-refractivity contribution >= 4 is 113 Å². The lowest BCUT2D eigenvalue weighted by molar-refractivity contribution is 1.17. The molecule has 0 atom stereocenters. The fourth-order valence-electron chi connectivity index (χ4n) is 7.93. The van der Waals surface area contributed by atoms with E-state index >= 15 is 0 Å². The number of rotatable bonds is 4. The van der Waals surface area contributed by atoms with Crippen LogP contribution in [0.15, 0.2) is 170 Å². The van der Waals surface area contributed by atoms with Gasteiger partial charge in [-0.05, 0) is 77.5 Å². The third kappa shape index (κ3) is 4.07. The van der Waals surface area contributed by atoms with Gasteiger partial charge in [0.1, 0.15) is 0 Å². The zero-order valence-corrected chi connectivity index (χ0v) is 28.5. The number of hydrogen-bond donors (Lipinski definition) is 0. The van der Waals surface area contributed by atoms with E-state index in [0.29, 0.717) is 0 Å². The number of hydrogen-bond acceptors (Lipinski definition) is 3. The average Bonchev–Trinajstić information content (AvgIpc) is 3.84. The topological polar surface area (TPSA) is 8.17 Å². The predicted molar refractivity (Wildman–Crippen MR) is 219 cm³/mol. The Morgan fingerprint density at radius 2 is 1.06 bits per heavy atom. The molecule has 2 nitrogen and oxygen atoms in total. The molecule has 0 spiro atoms. The molecule has 0 bridgehead atoms. The third-order valence-corrected chi connectivity index (χ3v) is 12.5. The van der Waals surface area contributed by atoms with E-state index in [1.807, 2.05) is 22.7 Å². The van der Waals surface area contributed by atoms with Gasteiger partial charge in [-0.15, -0.1) is 22.7 Å². The Bertz CT molecular complexity index is 3110. The van der Waals surface area contributed by atoms with E-state index in [1.165, 1.54) is 78.6 Å². The molecule has 0 saturated heterocycles. The van der Waals surface area contributed by atoms with Crippen LogP contribution in [0.5, 0.6) is 0 Å². The van der Waals surface area contributed by atoms with Crippen molar-refractivity contribution in [2.75, 3.05) is 4.90 Å². The van der Waals surface area contributed by atoms with Crippen molar-refractivity contribution in [3.05, 3.63) is 170 Å². The van der Waals surface area contributed by atoms with Gasteiger partial charge in [-0.1, -0.05) is 103 Å². The quantitative estimate of drug-likeness (QED) is 0.181. The Morgan fingerprint density at radius 1 is 0.400 bits per heavy atom. The lowest BCUT2D eigenvalue weighted by Crippen LogP contribution is -2.11. The molecule has 4 heteroatoms. The lowest BCUT2D eigenvalue weighted by Gasteiger charge is -2.28. The SMILES string of the molecule is c1ccc(-n2c3ccccc3c3cccc(N(c4ccc5sc6cc7ccccc7cc6c5c4)c4cccc5c4sc4ccccc45)c32)cc1. The first-order valence-corrected chi connectivity index (χ1v) is 18.6. The molecule has 0 aliphatic rings. The molecule has 234 valence electrons. The first kappa shape index (κ1) is 28.0. The number of aromatic nitrogens is 1. The van der Waals surface area contributed by atoms with Gasteiger partial charge in [0.2, 0.25) is 0 Å². The van der Waals surface area contributed by atoms with Crippen LogP contribution in [0.4, 0.5) is 17.1 Å². The summed E-state index contributed by atoms with van der Waals surface area (Å²) < 4.78 is 7.66. The zero-order valence-electron chi connectivity index (χ0n) is 26.9. The van der Waals surface area contributed by atoms with Crippen LogP contribution in [0.25, 0.3) is 78.6 Å². The van der Waals surface area contributed by atoms with E-state index in [9.17, 15) is 0 Å². The Labute approximate surface area is 296 Å². The monoisotopic (exact) mass is 672 g/mol. The maximum atomic E-state index is 2.52. The molecular formula is C46H28N2S2. The highest BCUT2D eigenvalue weighted by atomic mass is 32.1. The zero-order chi connectivity index (χ0) is 32.8. The summed E-state index contributed by atoms with van der Waals surface area (Å²) in [6, 6.07) is 62.5. The van der Waals surface area contributed by atoms with Gasteiger partial charge in [-0.3, -0.25) is 0 Å². The minimum Gasteiger partial charge on any atom is -0.307 e. The van der Waals surface area contributed by atoms with E-state index < -0.39 is 0 Å². The first-order valence-electron chi connectivity index (χ1n) is 16.9. The fraction of sp³-hybridized carbons (Fsp3) is 0. The van der Waals surface area contributed by atoms with Crippen molar-refractivity contribution in [2.24, 2.45) is 0 Å². The number of fused-ring (bicyclic) bond motifs is 10. The highest BCUT2D eigenvalue weighted by Crippen LogP contribution is 2.49. The van der Waals surface area contributed by atoms with Crippen molar-refractivity contribution in [1.29, 1.82) is 0 Å². The Kier molecular flexibility index (Phi) is 6.03. The second-order valence-corrected chi connectivity index (χ2v) is 15.1. The number of thiophene rings is 2. The first-order chi connectivity index (χ1) is 24.8. The van der Waals surface area contributed by atoms with Crippen LogP contribution < -0.4 is 4.90 Å². The van der Waals surface area contributed by atoms with E-state index in [2.05, 4.69) is 179 Å². The van der Waals surface area contributed by atoms with Crippen molar-refractivity contribution in [3.8, 4) is 5.69 Å². The van der Waals surface area contributed by atoms with Crippen LogP contribution in [-0.4, -0.2) is 4.57 Å². The number of anilines is 3. The van der Waals surface area contributed by atoms with Crippen LogP contribution >= 0.6 is 22.7 Å². The summed E-state index contributed by atoms with van der Waals surface area (Å²) in [4.78, 5) is 2.52. The van der Waals surface area contributed by atoms with E-state index in [0.717, 1.165) is 17.1 Å². The second kappa shape index (κ2) is 10.8. The third-order valence-electron chi connectivity index (χ3n) is 10.1. The lowest BCUT2D eigenvalue weighted by atomic mass is 10.0. The summed E-state index contributed by atoms with van der Waals surface area (Å²) in [5.74, 6) is 0. The number of benzene rings is 8. The maximum absolute atomic E-state index is 2.52. The summed E-state index contributed by atoms with van der Waals surface area (Å²) in [6.07, 6.45) is 0. The van der Waals surface area contributed by atoms with Crippen molar-refractivity contribution in [1.82, 2.24) is 4.57 Å². The Balaban J connectivity index is 1.27. The van der Waals surface area contributed by atoms with Gasteiger partial charge in [-0.25, -0.2) is 0 Å². The summed E-state index contributed by atoms with van der Waals surface area (Å²) in [7, 11) is 0. The molecule has 0 radical (unpaired) electrons. The van der Waals surface area contributed by atoms with E-state index in [4.69, 9.17) is 0 Å². The van der Waals surface area contributed by atoms with Gasteiger partial charge in [0.25, 0.3) is 0 Å². The van der Waals surface area contributed by atoms with E-state index in [-0.39, 0.29) is 0 Å². The van der Waals surface area contributed by atoms with Gasteiger partial charge >= 0.3 is 0 Å². The molecule has 3 heterocycles. The summed E-state index contributed by atoms with van der Waals surface area (Å²) >= 11 is 3.76. The highest BCUT2D eigenvalue weighted by Gasteiger charge is 2.24. The molecule has 0 N–H and O–H groups in total. The van der Waals surface area contributed by atoms with Gasteiger partial charge in [0.15, 0.2) is 0 Å². The van der Waals surface area contributed by atoms with Crippen LogP contribution in [0.1, 0.15) is 0 Å². The molecule has 3 aromatic heterocycles. The molecule has 0 aliphatic heterocycles. The van der Waals surface area contributed by atoms with Gasteiger partial charge in [0, 0.05) is 57.8 Å². The van der Waals surface area contributed by atoms with Crippen LogP contribution in [0.3, 0.4) is 0 Å². The molecule has 8 aromatic carbocycles. The van der Waals surface area contributed by atoms with Gasteiger partial charge < -0.3 is 9.47 Å². The van der Waals surface area contributed by atoms with Crippen molar-refractivity contribution in [2.45, 2.75) is 0 Å². The summed E-state index contributed by atoms with van der Waals surface area (Å²) in [5, 5.41) is 10.2. The smallest absolute Gasteiger partial charge is 0.0782 e. The Hall–Kier alpha value is -5.94. The molecule has 0 fully saturated rings. The average molecular weight is 673 g/mol. The van der Waals surface area contributed by atoms with Crippen LogP contribution in [-0.2, 0) is 0 Å². The number of para-hydroxylation sites is 3. The second-order valence-electron chi connectivity index (χ2n) is 12.9. The van der Waals surface area contributed by atoms with Gasteiger partial charge in [-0.2, -0.15) is 0 Å². The van der Waals surface area contributed by atoms with E-state index in [1.54, 1.807) is 0 Å². The molecule has 11 aromatic rings. The molecule has 0 aliphatic carbocycles. The molecule has 11 rings (SSSR count). The molecule has 0 amide bonds.